The zero-order valence-corrected chi connectivity index (χ0v) is 17.7. The number of rotatable bonds is 4. The van der Waals surface area contributed by atoms with Crippen molar-refractivity contribution < 1.29 is 0 Å². The van der Waals surface area contributed by atoms with E-state index in [1.165, 1.54) is 24.1 Å². The Kier molecular flexibility index (Phi) is 7.28. The molecule has 0 spiro atoms. The van der Waals surface area contributed by atoms with Crippen LogP contribution in [0.25, 0.3) is 5.69 Å². The molecule has 0 unspecified atom stereocenters. The van der Waals surface area contributed by atoms with Crippen LogP contribution in [0.1, 0.15) is 36.7 Å². The van der Waals surface area contributed by atoms with E-state index in [2.05, 4.69) is 43.1 Å². The molecule has 2 aromatic rings. The lowest BCUT2D eigenvalue weighted by Gasteiger charge is -2.20. The van der Waals surface area contributed by atoms with Gasteiger partial charge in [-0.1, -0.05) is 18.2 Å². The third kappa shape index (κ3) is 4.54. The minimum atomic E-state index is 0. The second-order valence-electron chi connectivity index (χ2n) is 6.26. The summed E-state index contributed by atoms with van der Waals surface area (Å²) in [5.41, 5.74) is 4.53. The zero-order valence-electron chi connectivity index (χ0n) is 15.3. The summed E-state index contributed by atoms with van der Waals surface area (Å²) in [7, 11) is 0. The molecule has 1 aliphatic heterocycles. The van der Waals surface area contributed by atoms with E-state index in [9.17, 15) is 0 Å². The predicted molar refractivity (Wildman–Crippen MR) is 114 cm³/mol. The smallest absolute Gasteiger partial charge is 0.194 e. The number of para-hydroxylation sites is 1. The number of hydrogen-bond acceptors (Lipinski definition) is 2. The maximum atomic E-state index is 4.87. The van der Waals surface area contributed by atoms with Crippen LogP contribution in [0, 0.1) is 13.8 Å². The maximum Gasteiger partial charge on any atom is 0.194 e. The predicted octanol–water partition coefficient (Wildman–Crippen LogP) is 3.67. The van der Waals surface area contributed by atoms with Gasteiger partial charge >= 0.3 is 0 Å². The van der Waals surface area contributed by atoms with Gasteiger partial charge in [-0.25, -0.2) is 9.67 Å². The molecule has 136 valence electrons. The molecular weight excluding hydrogens is 425 g/mol. The van der Waals surface area contributed by atoms with Crippen LogP contribution in [0.15, 0.2) is 35.3 Å². The van der Waals surface area contributed by atoms with Crippen LogP contribution in [0.4, 0.5) is 0 Å². The SMILES string of the molecule is CCNC(=NCc1c(C)nn(-c2ccccc2)c1C)N1CCCC1.I. The molecule has 0 atom stereocenters. The van der Waals surface area contributed by atoms with Gasteiger partial charge in [0.15, 0.2) is 5.96 Å². The molecule has 2 heterocycles. The fourth-order valence-corrected chi connectivity index (χ4v) is 3.23. The summed E-state index contributed by atoms with van der Waals surface area (Å²) in [4.78, 5) is 7.23. The van der Waals surface area contributed by atoms with Gasteiger partial charge in [0.1, 0.15) is 0 Å². The highest BCUT2D eigenvalue weighted by molar-refractivity contribution is 14.0. The van der Waals surface area contributed by atoms with Crippen molar-refractivity contribution >= 4 is 29.9 Å². The second kappa shape index (κ2) is 9.22. The summed E-state index contributed by atoms with van der Waals surface area (Å²) >= 11 is 0. The Labute approximate surface area is 167 Å². The van der Waals surface area contributed by atoms with Gasteiger partial charge in [-0.05, 0) is 45.7 Å². The summed E-state index contributed by atoms with van der Waals surface area (Å²) in [5, 5.41) is 8.14. The average molecular weight is 453 g/mol. The summed E-state index contributed by atoms with van der Waals surface area (Å²) in [5.74, 6) is 1.03. The molecule has 1 saturated heterocycles. The van der Waals surface area contributed by atoms with Gasteiger partial charge in [-0.3, -0.25) is 0 Å². The van der Waals surface area contributed by atoms with Crippen molar-refractivity contribution in [3.63, 3.8) is 0 Å². The summed E-state index contributed by atoms with van der Waals surface area (Å²) < 4.78 is 2.02. The standard InChI is InChI=1S/C19H27N5.HI/c1-4-20-19(23-12-8-9-13-23)21-14-18-15(2)22-24(16(18)3)17-10-6-5-7-11-17;/h5-7,10-11H,4,8-9,12-14H2,1-3H3,(H,20,21);1H. The van der Waals surface area contributed by atoms with Crippen molar-refractivity contribution in [3.8, 4) is 5.69 Å². The maximum absolute atomic E-state index is 4.87. The van der Waals surface area contributed by atoms with Crippen molar-refractivity contribution in [2.75, 3.05) is 19.6 Å². The van der Waals surface area contributed by atoms with Crippen LogP contribution < -0.4 is 5.32 Å². The van der Waals surface area contributed by atoms with E-state index in [0.29, 0.717) is 6.54 Å². The number of nitrogens with zero attached hydrogens (tertiary/aromatic N) is 4. The van der Waals surface area contributed by atoms with Gasteiger partial charge in [0.05, 0.1) is 17.9 Å². The summed E-state index contributed by atoms with van der Waals surface area (Å²) in [6.07, 6.45) is 2.52. The van der Waals surface area contributed by atoms with Gasteiger partial charge in [-0.15, -0.1) is 24.0 Å². The zero-order chi connectivity index (χ0) is 16.9. The first-order chi connectivity index (χ1) is 11.7. The van der Waals surface area contributed by atoms with E-state index in [0.717, 1.165) is 37.0 Å². The van der Waals surface area contributed by atoms with Crippen LogP contribution in [-0.2, 0) is 6.54 Å². The van der Waals surface area contributed by atoms with E-state index in [1.54, 1.807) is 0 Å². The van der Waals surface area contributed by atoms with Crippen molar-refractivity contribution in [2.24, 2.45) is 4.99 Å². The Morgan fingerprint density at radius 2 is 1.84 bits per heavy atom. The lowest BCUT2D eigenvalue weighted by atomic mass is 10.2. The number of guanidine groups is 1. The molecule has 0 aliphatic carbocycles. The number of nitrogens with one attached hydrogen (secondary N) is 1. The van der Waals surface area contributed by atoms with E-state index < -0.39 is 0 Å². The van der Waals surface area contributed by atoms with Crippen molar-refractivity contribution in [3.05, 3.63) is 47.3 Å². The van der Waals surface area contributed by atoms with Crippen LogP contribution in [-0.4, -0.2) is 40.3 Å². The van der Waals surface area contributed by atoms with E-state index >= 15 is 0 Å². The van der Waals surface area contributed by atoms with E-state index in [-0.39, 0.29) is 24.0 Å². The van der Waals surface area contributed by atoms with Gasteiger partial charge in [0.25, 0.3) is 0 Å². The van der Waals surface area contributed by atoms with Crippen molar-refractivity contribution in [1.82, 2.24) is 20.0 Å². The van der Waals surface area contributed by atoms with Crippen LogP contribution in [0.3, 0.4) is 0 Å². The highest BCUT2D eigenvalue weighted by Crippen LogP contribution is 2.19. The second-order valence-corrected chi connectivity index (χ2v) is 6.26. The Bertz CT molecular complexity index is 702. The quantitative estimate of drug-likeness (QED) is 0.437. The Balaban J connectivity index is 0.00000225. The molecule has 1 N–H and O–H groups in total. The van der Waals surface area contributed by atoms with Crippen LogP contribution >= 0.6 is 24.0 Å². The number of hydrogen-bond donors (Lipinski definition) is 1. The fraction of sp³-hybridized carbons (Fsp3) is 0.474. The number of benzene rings is 1. The first-order valence-corrected chi connectivity index (χ1v) is 8.84. The van der Waals surface area contributed by atoms with E-state index in [1.807, 2.05) is 22.9 Å². The summed E-state index contributed by atoms with van der Waals surface area (Å²) in [6, 6.07) is 10.3. The number of aromatic nitrogens is 2. The molecule has 1 aliphatic rings. The minimum absolute atomic E-state index is 0. The Morgan fingerprint density at radius 3 is 2.48 bits per heavy atom. The number of aryl methyl sites for hydroxylation is 1. The normalized spacial score (nSPS) is 14.5. The molecular formula is C19H28IN5. The molecule has 25 heavy (non-hydrogen) atoms. The van der Waals surface area contributed by atoms with Crippen LogP contribution in [0.5, 0.6) is 0 Å². The monoisotopic (exact) mass is 453 g/mol. The topological polar surface area (TPSA) is 45.5 Å². The number of aliphatic imine (C=N–C) groups is 1. The molecule has 0 amide bonds. The average Bonchev–Trinajstić information content (AvgIpc) is 3.22. The molecule has 1 aromatic heterocycles. The van der Waals surface area contributed by atoms with Gasteiger partial charge in [-0.2, -0.15) is 5.10 Å². The molecule has 6 heteroatoms. The van der Waals surface area contributed by atoms with Gasteiger partial charge < -0.3 is 10.2 Å². The highest BCUT2D eigenvalue weighted by atomic mass is 127. The first kappa shape index (κ1) is 19.8. The van der Waals surface area contributed by atoms with Gasteiger partial charge in [0.2, 0.25) is 0 Å². The lowest BCUT2D eigenvalue weighted by Crippen LogP contribution is -2.39. The largest absolute Gasteiger partial charge is 0.357 e. The molecule has 0 radical (unpaired) electrons. The number of likely N-dealkylation sites (tertiary alicyclic amines) is 1. The number of halogens is 1. The molecule has 1 aromatic carbocycles. The molecule has 1 fully saturated rings. The van der Waals surface area contributed by atoms with Gasteiger partial charge in [0, 0.05) is 30.9 Å². The minimum Gasteiger partial charge on any atom is -0.357 e. The lowest BCUT2D eigenvalue weighted by molar-refractivity contribution is 0.493. The third-order valence-corrected chi connectivity index (χ3v) is 4.57. The van der Waals surface area contributed by atoms with Crippen molar-refractivity contribution in [1.29, 1.82) is 0 Å². The van der Waals surface area contributed by atoms with Crippen molar-refractivity contribution in [2.45, 2.75) is 40.2 Å². The third-order valence-electron chi connectivity index (χ3n) is 4.57. The molecule has 0 saturated carbocycles. The van der Waals surface area contributed by atoms with E-state index in [4.69, 9.17) is 10.1 Å². The first-order valence-electron chi connectivity index (χ1n) is 8.84. The Hall–Kier alpha value is -1.57. The molecule has 5 nitrogen and oxygen atoms in total. The Morgan fingerprint density at radius 1 is 1.16 bits per heavy atom. The molecule has 0 bridgehead atoms. The highest BCUT2D eigenvalue weighted by Gasteiger charge is 2.17. The van der Waals surface area contributed by atoms with Crippen LogP contribution in [0.2, 0.25) is 0 Å². The fourth-order valence-electron chi connectivity index (χ4n) is 3.23. The molecule has 3 rings (SSSR count). The summed E-state index contributed by atoms with van der Waals surface area (Å²) in [6.45, 7) is 10.1.